The zero-order chi connectivity index (χ0) is 14.4. The third-order valence-corrected chi connectivity index (χ3v) is 5.20. The van der Waals surface area contributed by atoms with Crippen LogP contribution in [0.4, 0.5) is 0 Å². The summed E-state index contributed by atoms with van der Waals surface area (Å²) < 4.78 is 5.45. The number of carbonyl (C=O) groups is 1. The predicted molar refractivity (Wildman–Crippen MR) is 81.5 cm³/mol. The number of amides is 1. The summed E-state index contributed by atoms with van der Waals surface area (Å²) in [5.74, 6) is 2.28. The van der Waals surface area contributed by atoms with Crippen LogP contribution in [0.15, 0.2) is 0 Å². The quantitative estimate of drug-likeness (QED) is 0.772. The Balaban J connectivity index is 1.74. The van der Waals surface area contributed by atoms with Gasteiger partial charge in [0.05, 0.1) is 0 Å². The molecule has 0 saturated carbocycles. The first kappa shape index (κ1) is 15.8. The second-order valence-electron chi connectivity index (χ2n) is 6.66. The van der Waals surface area contributed by atoms with E-state index in [9.17, 15) is 4.79 Å². The maximum atomic E-state index is 12.4. The van der Waals surface area contributed by atoms with E-state index in [1.807, 2.05) is 0 Å². The van der Waals surface area contributed by atoms with Crippen molar-refractivity contribution in [3.8, 4) is 0 Å². The van der Waals surface area contributed by atoms with Gasteiger partial charge in [-0.25, -0.2) is 0 Å². The molecule has 2 saturated heterocycles. The summed E-state index contributed by atoms with van der Waals surface area (Å²) in [6.07, 6.45) is 8.27. The molecule has 2 aliphatic rings. The summed E-state index contributed by atoms with van der Waals surface area (Å²) in [4.78, 5) is 14.5. The highest BCUT2D eigenvalue weighted by atomic mass is 16.5. The first-order valence-electron chi connectivity index (χ1n) is 8.59. The summed E-state index contributed by atoms with van der Waals surface area (Å²) in [7, 11) is 0. The molecule has 3 heteroatoms. The van der Waals surface area contributed by atoms with Gasteiger partial charge in [0.2, 0.25) is 5.91 Å². The summed E-state index contributed by atoms with van der Waals surface area (Å²) >= 11 is 0. The van der Waals surface area contributed by atoms with Gasteiger partial charge in [0.1, 0.15) is 0 Å². The van der Waals surface area contributed by atoms with E-state index in [1.165, 1.54) is 38.5 Å². The standard InChI is InChI=1S/C17H31NO2/c1-3-4-5-14(2)17(19)18-10-6-15(7-11-18)16-8-12-20-13-9-16/h14-16H,3-13H2,1-2H3/t14-/m0/s1. The van der Waals surface area contributed by atoms with E-state index in [-0.39, 0.29) is 5.92 Å². The Kier molecular flexibility index (Phi) is 6.34. The number of nitrogens with zero attached hydrogens (tertiary/aromatic N) is 1. The molecule has 0 aromatic rings. The van der Waals surface area contributed by atoms with Crippen LogP contribution in [0, 0.1) is 17.8 Å². The van der Waals surface area contributed by atoms with Crippen molar-refractivity contribution in [3.63, 3.8) is 0 Å². The van der Waals surface area contributed by atoms with Crippen molar-refractivity contribution in [1.82, 2.24) is 4.90 Å². The van der Waals surface area contributed by atoms with Gasteiger partial charge in [-0.15, -0.1) is 0 Å². The molecule has 3 nitrogen and oxygen atoms in total. The molecule has 0 radical (unpaired) electrons. The van der Waals surface area contributed by atoms with E-state index in [1.54, 1.807) is 0 Å². The number of hydrogen-bond acceptors (Lipinski definition) is 2. The van der Waals surface area contributed by atoms with Gasteiger partial charge in [0.25, 0.3) is 0 Å². The Bertz CT molecular complexity index is 291. The molecule has 0 unspecified atom stereocenters. The van der Waals surface area contributed by atoms with Gasteiger partial charge < -0.3 is 9.64 Å². The van der Waals surface area contributed by atoms with Crippen LogP contribution >= 0.6 is 0 Å². The number of unbranched alkanes of at least 4 members (excludes halogenated alkanes) is 1. The molecule has 2 heterocycles. The second kappa shape index (κ2) is 8.02. The number of rotatable bonds is 5. The molecular formula is C17H31NO2. The van der Waals surface area contributed by atoms with Crippen LogP contribution in [0.25, 0.3) is 0 Å². The molecule has 2 fully saturated rings. The van der Waals surface area contributed by atoms with E-state index in [2.05, 4.69) is 18.7 Å². The van der Waals surface area contributed by atoms with E-state index in [0.717, 1.165) is 44.6 Å². The molecular weight excluding hydrogens is 250 g/mol. The van der Waals surface area contributed by atoms with Gasteiger partial charge in [-0.3, -0.25) is 4.79 Å². The summed E-state index contributed by atoms with van der Waals surface area (Å²) in [5.41, 5.74) is 0. The molecule has 0 spiro atoms. The van der Waals surface area contributed by atoms with E-state index < -0.39 is 0 Å². The van der Waals surface area contributed by atoms with E-state index in [0.29, 0.717) is 5.91 Å². The monoisotopic (exact) mass is 281 g/mol. The highest BCUT2D eigenvalue weighted by molar-refractivity contribution is 5.78. The molecule has 0 aliphatic carbocycles. The molecule has 0 aromatic heterocycles. The number of hydrogen-bond donors (Lipinski definition) is 0. The van der Waals surface area contributed by atoms with Gasteiger partial charge in [-0.1, -0.05) is 26.7 Å². The smallest absolute Gasteiger partial charge is 0.225 e. The lowest BCUT2D eigenvalue weighted by Crippen LogP contribution is -2.43. The summed E-state index contributed by atoms with van der Waals surface area (Å²) in [6, 6.07) is 0. The van der Waals surface area contributed by atoms with Gasteiger partial charge in [-0.2, -0.15) is 0 Å². The van der Waals surface area contributed by atoms with Crippen molar-refractivity contribution in [2.75, 3.05) is 26.3 Å². The average molecular weight is 281 g/mol. The van der Waals surface area contributed by atoms with Crippen molar-refractivity contribution in [3.05, 3.63) is 0 Å². The normalized spacial score (nSPS) is 23.8. The van der Waals surface area contributed by atoms with Gasteiger partial charge in [0.15, 0.2) is 0 Å². The van der Waals surface area contributed by atoms with Crippen LogP contribution in [0.3, 0.4) is 0 Å². The minimum atomic E-state index is 0.217. The second-order valence-corrected chi connectivity index (χ2v) is 6.66. The first-order chi connectivity index (χ1) is 9.72. The van der Waals surface area contributed by atoms with Crippen molar-refractivity contribution in [1.29, 1.82) is 0 Å². The summed E-state index contributed by atoms with van der Waals surface area (Å²) in [6.45, 7) is 8.14. The topological polar surface area (TPSA) is 29.5 Å². The number of likely N-dealkylation sites (tertiary alicyclic amines) is 1. The van der Waals surface area contributed by atoms with Crippen LogP contribution in [-0.4, -0.2) is 37.1 Å². The Hall–Kier alpha value is -0.570. The third kappa shape index (κ3) is 4.21. The lowest BCUT2D eigenvalue weighted by molar-refractivity contribution is -0.137. The highest BCUT2D eigenvalue weighted by Crippen LogP contribution is 2.32. The van der Waals surface area contributed by atoms with Gasteiger partial charge in [0, 0.05) is 32.2 Å². The molecule has 0 N–H and O–H groups in total. The Morgan fingerprint density at radius 2 is 1.75 bits per heavy atom. The molecule has 1 amide bonds. The molecule has 1 atom stereocenters. The maximum absolute atomic E-state index is 12.4. The van der Waals surface area contributed by atoms with Crippen molar-refractivity contribution < 1.29 is 9.53 Å². The van der Waals surface area contributed by atoms with E-state index >= 15 is 0 Å². The minimum Gasteiger partial charge on any atom is -0.381 e. The molecule has 2 aliphatic heterocycles. The van der Waals surface area contributed by atoms with E-state index in [4.69, 9.17) is 4.74 Å². The van der Waals surface area contributed by atoms with Crippen molar-refractivity contribution in [2.24, 2.45) is 17.8 Å². The van der Waals surface area contributed by atoms with Crippen molar-refractivity contribution in [2.45, 2.75) is 58.8 Å². The fourth-order valence-corrected chi connectivity index (χ4v) is 3.72. The molecule has 0 bridgehead atoms. The molecule has 0 aromatic carbocycles. The Morgan fingerprint density at radius 1 is 1.15 bits per heavy atom. The van der Waals surface area contributed by atoms with Gasteiger partial charge in [-0.05, 0) is 43.9 Å². The Morgan fingerprint density at radius 3 is 2.35 bits per heavy atom. The highest BCUT2D eigenvalue weighted by Gasteiger charge is 2.30. The Labute approximate surface area is 124 Å². The predicted octanol–water partition coefficient (Wildman–Crippen LogP) is 3.48. The first-order valence-corrected chi connectivity index (χ1v) is 8.59. The molecule has 116 valence electrons. The fourth-order valence-electron chi connectivity index (χ4n) is 3.72. The zero-order valence-electron chi connectivity index (χ0n) is 13.3. The lowest BCUT2D eigenvalue weighted by atomic mass is 9.80. The lowest BCUT2D eigenvalue weighted by Gasteiger charge is -2.38. The van der Waals surface area contributed by atoms with Crippen LogP contribution in [0.1, 0.15) is 58.8 Å². The van der Waals surface area contributed by atoms with Crippen molar-refractivity contribution >= 4 is 5.91 Å². The van der Waals surface area contributed by atoms with Crippen LogP contribution in [0.5, 0.6) is 0 Å². The number of piperidine rings is 1. The number of carbonyl (C=O) groups excluding carboxylic acids is 1. The largest absolute Gasteiger partial charge is 0.381 e. The van der Waals surface area contributed by atoms with Gasteiger partial charge >= 0.3 is 0 Å². The van der Waals surface area contributed by atoms with Crippen LogP contribution in [0.2, 0.25) is 0 Å². The number of ether oxygens (including phenoxy) is 1. The SMILES string of the molecule is CCCC[C@H](C)C(=O)N1CCC(C2CCOCC2)CC1. The van der Waals surface area contributed by atoms with Crippen LogP contribution in [-0.2, 0) is 9.53 Å². The molecule has 2 rings (SSSR count). The molecule has 20 heavy (non-hydrogen) atoms. The summed E-state index contributed by atoms with van der Waals surface area (Å²) in [5, 5.41) is 0. The third-order valence-electron chi connectivity index (χ3n) is 5.20. The minimum absolute atomic E-state index is 0.217. The van der Waals surface area contributed by atoms with Crippen LogP contribution < -0.4 is 0 Å². The average Bonchev–Trinajstić information content (AvgIpc) is 2.53. The zero-order valence-corrected chi connectivity index (χ0v) is 13.3. The fraction of sp³-hybridized carbons (Fsp3) is 0.941. The maximum Gasteiger partial charge on any atom is 0.225 e.